The lowest BCUT2D eigenvalue weighted by molar-refractivity contribution is 0.122. The summed E-state index contributed by atoms with van der Waals surface area (Å²) in [7, 11) is 3.27. The molecule has 0 spiro atoms. The molecule has 1 aliphatic rings. The second kappa shape index (κ2) is 10.5. The van der Waals surface area contributed by atoms with Crippen LogP contribution in [0.4, 0.5) is 5.82 Å². The van der Waals surface area contributed by atoms with Gasteiger partial charge in [0, 0.05) is 34.7 Å². The van der Waals surface area contributed by atoms with E-state index in [1.54, 1.807) is 25.6 Å². The minimum Gasteiger partial charge on any atom is -0.493 e. The number of morpholine rings is 1. The quantitative estimate of drug-likeness (QED) is 0.338. The van der Waals surface area contributed by atoms with Crippen molar-refractivity contribution < 1.29 is 18.9 Å². The number of ether oxygens (including phenoxy) is 4. The van der Waals surface area contributed by atoms with Crippen LogP contribution >= 0.6 is 11.3 Å². The highest BCUT2D eigenvalue weighted by molar-refractivity contribution is 7.15. The van der Waals surface area contributed by atoms with Gasteiger partial charge in [0.05, 0.1) is 39.6 Å². The number of aryl methyl sites for hydroxylation is 1. The molecule has 0 N–H and O–H groups in total. The van der Waals surface area contributed by atoms with Crippen LogP contribution in [-0.4, -0.2) is 57.1 Å². The summed E-state index contributed by atoms with van der Waals surface area (Å²) < 4.78 is 22.4. The lowest BCUT2D eigenvalue weighted by atomic mass is 10.1. The van der Waals surface area contributed by atoms with Crippen molar-refractivity contribution in [3.8, 4) is 28.0 Å². The second-order valence-corrected chi connectivity index (χ2v) is 9.65. The zero-order valence-corrected chi connectivity index (χ0v) is 21.1. The maximum absolute atomic E-state index is 6.05. The molecule has 4 aromatic rings. The molecule has 1 fully saturated rings. The van der Waals surface area contributed by atoms with E-state index in [9.17, 15) is 0 Å². The lowest BCUT2D eigenvalue weighted by Gasteiger charge is -2.29. The molecule has 0 aliphatic carbocycles. The molecule has 0 radical (unpaired) electrons. The molecule has 5 rings (SSSR count). The van der Waals surface area contributed by atoms with Crippen molar-refractivity contribution in [3.63, 3.8) is 0 Å². The average molecular weight is 492 g/mol. The van der Waals surface area contributed by atoms with E-state index in [0.717, 1.165) is 35.4 Å². The van der Waals surface area contributed by atoms with E-state index in [1.165, 1.54) is 15.3 Å². The molecular weight excluding hydrogens is 462 g/mol. The van der Waals surface area contributed by atoms with Crippen LogP contribution < -0.4 is 19.1 Å². The van der Waals surface area contributed by atoms with Gasteiger partial charge in [0.25, 0.3) is 0 Å². The van der Waals surface area contributed by atoms with Gasteiger partial charge in [0.1, 0.15) is 5.82 Å². The van der Waals surface area contributed by atoms with E-state index in [-0.39, 0.29) is 0 Å². The van der Waals surface area contributed by atoms with Crippen molar-refractivity contribution in [2.75, 3.05) is 52.0 Å². The smallest absolute Gasteiger partial charge is 0.318 e. The van der Waals surface area contributed by atoms with Gasteiger partial charge in [-0.15, -0.1) is 11.3 Å². The highest BCUT2D eigenvalue weighted by atomic mass is 32.1. The van der Waals surface area contributed by atoms with E-state index in [1.807, 2.05) is 18.2 Å². The minimum absolute atomic E-state index is 0.388. The number of hydrogen-bond donors (Lipinski definition) is 0. The van der Waals surface area contributed by atoms with Crippen LogP contribution in [0.5, 0.6) is 17.5 Å². The van der Waals surface area contributed by atoms with Crippen molar-refractivity contribution in [1.82, 2.24) is 9.97 Å². The number of anilines is 1. The van der Waals surface area contributed by atoms with Crippen LogP contribution in [0.2, 0.25) is 0 Å². The predicted molar refractivity (Wildman–Crippen MR) is 139 cm³/mol. The topological polar surface area (TPSA) is 65.9 Å². The van der Waals surface area contributed by atoms with E-state index >= 15 is 0 Å². The second-order valence-electron chi connectivity index (χ2n) is 8.36. The van der Waals surface area contributed by atoms with Gasteiger partial charge < -0.3 is 23.8 Å². The molecule has 182 valence electrons. The molecule has 2 aromatic carbocycles. The first-order valence-corrected chi connectivity index (χ1v) is 12.5. The molecular formula is C27H29N3O4S. The summed E-state index contributed by atoms with van der Waals surface area (Å²) in [4.78, 5) is 14.4. The summed E-state index contributed by atoms with van der Waals surface area (Å²) in [5.41, 5.74) is 3.14. The van der Waals surface area contributed by atoms with Crippen LogP contribution in [-0.2, 0) is 11.2 Å². The first-order chi connectivity index (χ1) is 17.1. The van der Waals surface area contributed by atoms with Gasteiger partial charge in [-0.3, -0.25) is 0 Å². The third kappa shape index (κ3) is 5.18. The highest BCUT2D eigenvalue weighted by Crippen LogP contribution is 2.34. The zero-order chi connectivity index (χ0) is 24.2. The molecule has 0 saturated carbocycles. The summed E-state index contributed by atoms with van der Waals surface area (Å²) in [5, 5.41) is 1.03. The Morgan fingerprint density at radius 1 is 0.943 bits per heavy atom. The maximum atomic E-state index is 6.05. The molecule has 0 bridgehead atoms. The minimum atomic E-state index is 0.388. The van der Waals surface area contributed by atoms with Gasteiger partial charge in [0.15, 0.2) is 11.5 Å². The molecule has 1 saturated heterocycles. The van der Waals surface area contributed by atoms with Crippen molar-refractivity contribution in [3.05, 3.63) is 59.0 Å². The van der Waals surface area contributed by atoms with Gasteiger partial charge >= 0.3 is 6.01 Å². The van der Waals surface area contributed by atoms with Crippen LogP contribution in [0.1, 0.15) is 10.4 Å². The summed E-state index contributed by atoms with van der Waals surface area (Å²) in [6, 6.07) is 17.0. The predicted octanol–water partition coefficient (Wildman–Crippen LogP) is 5.14. The van der Waals surface area contributed by atoms with Gasteiger partial charge in [-0.25, -0.2) is 0 Å². The Kier molecular flexibility index (Phi) is 7.01. The summed E-state index contributed by atoms with van der Waals surface area (Å²) >= 11 is 1.79. The van der Waals surface area contributed by atoms with Gasteiger partial charge in [-0.2, -0.15) is 9.97 Å². The Morgan fingerprint density at radius 3 is 2.51 bits per heavy atom. The fourth-order valence-corrected chi connectivity index (χ4v) is 5.08. The van der Waals surface area contributed by atoms with E-state index < -0.39 is 0 Å². The fourth-order valence-electron chi connectivity index (χ4n) is 4.21. The first-order valence-electron chi connectivity index (χ1n) is 11.7. The molecule has 0 amide bonds. The number of hydrogen-bond acceptors (Lipinski definition) is 8. The molecule has 1 aliphatic heterocycles. The van der Waals surface area contributed by atoms with E-state index in [2.05, 4.69) is 42.2 Å². The molecule has 7 nitrogen and oxygen atoms in total. The van der Waals surface area contributed by atoms with Crippen molar-refractivity contribution in [2.45, 2.75) is 13.3 Å². The third-order valence-electron chi connectivity index (χ3n) is 6.06. The monoisotopic (exact) mass is 491 g/mol. The SMILES string of the molecule is COc1ccc(CCOc2nc(N3CCOCC3)c3cc(-c4ccc(C)s4)ccc3n2)cc1OC. The average Bonchev–Trinajstić information content (AvgIpc) is 3.34. The lowest BCUT2D eigenvalue weighted by Crippen LogP contribution is -2.37. The Hall–Kier alpha value is -3.36. The number of methoxy groups -OCH3 is 2. The molecule has 2 aromatic heterocycles. The van der Waals surface area contributed by atoms with Crippen molar-refractivity contribution in [1.29, 1.82) is 0 Å². The fraction of sp³-hybridized carbons (Fsp3) is 0.333. The van der Waals surface area contributed by atoms with Gasteiger partial charge in [-0.1, -0.05) is 12.1 Å². The number of benzene rings is 2. The van der Waals surface area contributed by atoms with Crippen LogP contribution in [0.25, 0.3) is 21.3 Å². The summed E-state index contributed by atoms with van der Waals surface area (Å²) in [5.74, 6) is 2.31. The van der Waals surface area contributed by atoms with Crippen molar-refractivity contribution >= 4 is 28.1 Å². The molecule has 0 unspecified atom stereocenters. The molecule has 0 atom stereocenters. The number of fused-ring (bicyclic) bond motifs is 1. The van der Waals surface area contributed by atoms with Crippen LogP contribution in [0.3, 0.4) is 0 Å². The van der Waals surface area contributed by atoms with Crippen LogP contribution in [0, 0.1) is 6.92 Å². The van der Waals surface area contributed by atoms with Crippen LogP contribution in [0.15, 0.2) is 48.5 Å². The largest absolute Gasteiger partial charge is 0.493 e. The number of aromatic nitrogens is 2. The van der Waals surface area contributed by atoms with E-state index in [0.29, 0.717) is 43.8 Å². The number of thiophene rings is 1. The Morgan fingerprint density at radius 2 is 1.77 bits per heavy atom. The Balaban J connectivity index is 1.41. The molecule has 35 heavy (non-hydrogen) atoms. The molecule has 8 heteroatoms. The summed E-state index contributed by atoms with van der Waals surface area (Å²) in [6.45, 7) is 5.54. The summed E-state index contributed by atoms with van der Waals surface area (Å²) in [6.07, 6.45) is 0.700. The highest BCUT2D eigenvalue weighted by Gasteiger charge is 2.19. The third-order valence-corrected chi connectivity index (χ3v) is 7.11. The Labute approximate surface area is 209 Å². The first kappa shape index (κ1) is 23.4. The normalized spacial score (nSPS) is 13.7. The van der Waals surface area contributed by atoms with E-state index in [4.69, 9.17) is 28.9 Å². The number of nitrogens with zero attached hydrogens (tertiary/aromatic N) is 3. The Bertz CT molecular complexity index is 1320. The molecule has 3 heterocycles. The van der Waals surface area contributed by atoms with Crippen molar-refractivity contribution in [2.24, 2.45) is 0 Å². The number of rotatable bonds is 8. The standard InChI is InChI=1S/C27H29N3O4S/c1-18-4-9-25(35-18)20-6-7-22-21(17-20)26(30-11-14-33-15-12-30)29-27(28-22)34-13-10-19-5-8-23(31-2)24(16-19)32-3/h4-9,16-17H,10-15H2,1-3H3. The maximum Gasteiger partial charge on any atom is 0.318 e. The zero-order valence-electron chi connectivity index (χ0n) is 20.2. The van der Waals surface area contributed by atoms with Gasteiger partial charge in [0.2, 0.25) is 0 Å². The van der Waals surface area contributed by atoms with Gasteiger partial charge in [-0.05, 0) is 54.4 Å².